The molecular weight excluding hydrogens is 228 g/mol. The average molecular weight is 256 g/mol. The summed E-state index contributed by atoms with van der Waals surface area (Å²) in [5, 5.41) is 0. The molecule has 0 spiro atoms. The van der Waals surface area contributed by atoms with Crippen LogP contribution in [0.2, 0.25) is 0 Å². The van der Waals surface area contributed by atoms with Crippen LogP contribution in [0.1, 0.15) is 47.5 Å². The lowest BCUT2D eigenvalue weighted by Crippen LogP contribution is -2.54. The van der Waals surface area contributed by atoms with Gasteiger partial charge in [0.1, 0.15) is 0 Å². The van der Waals surface area contributed by atoms with Crippen molar-refractivity contribution in [3.63, 3.8) is 0 Å². The van der Waals surface area contributed by atoms with Crippen LogP contribution in [-0.2, 0) is 9.47 Å². The molecule has 2 saturated heterocycles. The Hall–Kier alpha value is -0.160. The van der Waals surface area contributed by atoms with E-state index < -0.39 is 0 Å². The molecule has 0 aromatic carbocycles. The molecule has 0 saturated carbocycles. The summed E-state index contributed by atoms with van der Waals surface area (Å²) in [4.78, 5) is 0. The summed E-state index contributed by atoms with van der Waals surface area (Å²) in [5.74, 6) is 6.76. The first-order valence-electron chi connectivity index (χ1n) is 7.05. The maximum Gasteiger partial charge on any atom is 0.0771 e. The normalized spacial score (nSPS) is 40.0. The van der Waals surface area contributed by atoms with E-state index in [1.165, 1.54) is 0 Å². The van der Waals surface area contributed by atoms with E-state index in [2.05, 4.69) is 40.0 Å². The van der Waals surface area contributed by atoms with Crippen LogP contribution in [0.5, 0.6) is 0 Å². The first kappa shape index (κ1) is 14.3. The molecule has 2 fully saturated rings. The quantitative estimate of drug-likeness (QED) is 0.597. The van der Waals surface area contributed by atoms with Crippen LogP contribution in [0, 0.1) is 11.8 Å². The number of hydrogen-bond acceptors (Lipinski definition) is 4. The largest absolute Gasteiger partial charge is 0.376 e. The van der Waals surface area contributed by atoms with Crippen molar-refractivity contribution in [2.45, 2.75) is 70.8 Å². The van der Waals surface area contributed by atoms with Crippen molar-refractivity contribution in [2.24, 2.45) is 17.7 Å². The molecule has 2 heterocycles. The van der Waals surface area contributed by atoms with Crippen molar-refractivity contribution in [3.05, 3.63) is 0 Å². The van der Waals surface area contributed by atoms with Gasteiger partial charge in [-0.25, -0.2) is 0 Å². The van der Waals surface area contributed by atoms with Gasteiger partial charge in [0.25, 0.3) is 0 Å². The number of ether oxygens (including phenoxy) is 2. The topological polar surface area (TPSA) is 56.5 Å². The molecule has 4 nitrogen and oxygen atoms in total. The number of nitrogens with one attached hydrogen (secondary N) is 1. The molecule has 2 aliphatic rings. The second kappa shape index (κ2) is 4.75. The third-order valence-corrected chi connectivity index (χ3v) is 4.57. The van der Waals surface area contributed by atoms with Crippen molar-refractivity contribution in [1.82, 2.24) is 5.43 Å². The lowest BCUT2D eigenvalue weighted by atomic mass is 9.77. The Labute approximate surface area is 111 Å². The van der Waals surface area contributed by atoms with Crippen molar-refractivity contribution in [3.8, 4) is 0 Å². The standard InChI is InChI=1S/C14H28N2O2/c1-9-6-7-17-12(9)11(16-15)10-8-13(2,3)18-14(10,4)5/h9-12,16H,6-8,15H2,1-5H3. The second-order valence-electron chi connectivity index (χ2n) is 7.07. The highest BCUT2D eigenvalue weighted by atomic mass is 16.5. The Morgan fingerprint density at radius 1 is 1.28 bits per heavy atom. The molecule has 4 heteroatoms. The minimum atomic E-state index is -0.161. The Bertz CT molecular complexity index is 304. The molecule has 3 N–H and O–H groups in total. The van der Waals surface area contributed by atoms with Gasteiger partial charge in [0.05, 0.1) is 23.3 Å². The van der Waals surface area contributed by atoms with Crippen molar-refractivity contribution in [2.75, 3.05) is 6.61 Å². The maximum absolute atomic E-state index is 6.18. The summed E-state index contributed by atoms with van der Waals surface area (Å²) in [7, 11) is 0. The summed E-state index contributed by atoms with van der Waals surface area (Å²) in [6.07, 6.45) is 2.35. The summed E-state index contributed by atoms with van der Waals surface area (Å²) in [5.41, 5.74) is 2.77. The van der Waals surface area contributed by atoms with Gasteiger partial charge >= 0.3 is 0 Å². The highest BCUT2D eigenvalue weighted by Gasteiger charge is 2.51. The number of nitrogens with two attached hydrogens (primary N) is 1. The van der Waals surface area contributed by atoms with Crippen LogP contribution in [0.4, 0.5) is 0 Å². The van der Waals surface area contributed by atoms with Crippen molar-refractivity contribution < 1.29 is 9.47 Å². The zero-order valence-corrected chi connectivity index (χ0v) is 12.3. The Morgan fingerprint density at radius 2 is 1.94 bits per heavy atom. The van der Waals surface area contributed by atoms with E-state index in [0.29, 0.717) is 11.8 Å². The monoisotopic (exact) mass is 256 g/mol. The summed E-state index contributed by atoms with van der Waals surface area (Å²) >= 11 is 0. The zero-order chi connectivity index (χ0) is 13.6. The smallest absolute Gasteiger partial charge is 0.0771 e. The molecule has 2 rings (SSSR count). The fourth-order valence-corrected chi connectivity index (χ4v) is 3.78. The third-order valence-electron chi connectivity index (χ3n) is 4.57. The van der Waals surface area contributed by atoms with E-state index in [0.717, 1.165) is 19.4 Å². The molecule has 0 bridgehead atoms. The predicted molar refractivity (Wildman–Crippen MR) is 72.0 cm³/mol. The number of hydrogen-bond donors (Lipinski definition) is 2. The lowest BCUT2D eigenvalue weighted by Gasteiger charge is -2.36. The van der Waals surface area contributed by atoms with Gasteiger partial charge in [0.15, 0.2) is 0 Å². The summed E-state index contributed by atoms with van der Waals surface area (Å²) in [6, 6.07) is 0.166. The van der Waals surface area contributed by atoms with Gasteiger partial charge in [-0.15, -0.1) is 0 Å². The molecule has 18 heavy (non-hydrogen) atoms. The molecule has 0 amide bonds. The average Bonchev–Trinajstić information content (AvgIpc) is 2.71. The molecule has 0 aromatic heterocycles. The van der Waals surface area contributed by atoms with Crippen LogP contribution in [0.15, 0.2) is 0 Å². The molecular formula is C14H28N2O2. The summed E-state index contributed by atoms with van der Waals surface area (Å²) in [6.45, 7) is 11.7. The molecule has 0 aromatic rings. The van der Waals surface area contributed by atoms with Gasteiger partial charge in [-0.3, -0.25) is 11.3 Å². The van der Waals surface area contributed by atoms with E-state index >= 15 is 0 Å². The van der Waals surface area contributed by atoms with E-state index in [4.69, 9.17) is 15.3 Å². The zero-order valence-electron chi connectivity index (χ0n) is 12.3. The van der Waals surface area contributed by atoms with Crippen LogP contribution in [0.3, 0.4) is 0 Å². The van der Waals surface area contributed by atoms with Crippen LogP contribution in [0.25, 0.3) is 0 Å². The van der Waals surface area contributed by atoms with Crippen molar-refractivity contribution >= 4 is 0 Å². The first-order valence-corrected chi connectivity index (χ1v) is 7.05. The molecule has 4 atom stereocenters. The fourth-order valence-electron chi connectivity index (χ4n) is 3.78. The number of rotatable bonds is 3. The van der Waals surface area contributed by atoms with Crippen LogP contribution >= 0.6 is 0 Å². The molecule has 106 valence electrons. The molecule has 0 radical (unpaired) electrons. The molecule has 4 unspecified atom stereocenters. The minimum Gasteiger partial charge on any atom is -0.376 e. The van der Waals surface area contributed by atoms with Gasteiger partial charge in [-0.05, 0) is 46.5 Å². The van der Waals surface area contributed by atoms with E-state index in [9.17, 15) is 0 Å². The van der Waals surface area contributed by atoms with E-state index in [1.807, 2.05) is 0 Å². The van der Waals surface area contributed by atoms with Gasteiger partial charge < -0.3 is 9.47 Å². The van der Waals surface area contributed by atoms with Gasteiger partial charge in [0, 0.05) is 12.5 Å². The summed E-state index contributed by atoms with van der Waals surface area (Å²) < 4.78 is 12.1. The molecule has 0 aliphatic carbocycles. The van der Waals surface area contributed by atoms with Gasteiger partial charge in [0.2, 0.25) is 0 Å². The lowest BCUT2D eigenvalue weighted by molar-refractivity contribution is -0.0847. The first-order chi connectivity index (χ1) is 8.27. The van der Waals surface area contributed by atoms with E-state index in [-0.39, 0.29) is 23.3 Å². The van der Waals surface area contributed by atoms with Crippen molar-refractivity contribution in [1.29, 1.82) is 0 Å². The highest BCUT2D eigenvalue weighted by molar-refractivity contribution is 5.02. The second-order valence-corrected chi connectivity index (χ2v) is 7.07. The Kier molecular flexibility index (Phi) is 3.76. The minimum absolute atomic E-state index is 0.0783. The van der Waals surface area contributed by atoms with E-state index in [1.54, 1.807) is 0 Å². The Morgan fingerprint density at radius 3 is 2.33 bits per heavy atom. The predicted octanol–water partition coefficient (Wildman–Crippen LogP) is 1.84. The highest BCUT2D eigenvalue weighted by Crippen LogP contribution is 2.45. The number of hydrazine groups is 1. The SMILES string of the molecule is CC1CCOC1C(NN)C1CC(C)(C)OC1(C)C. The maximum atomic E-state index is 6.18. The third kappa shape index (κ3) is 2.57. The molecule has 2 aliphatic heterocycles. The van der Waals surface area contributed by atoms with Gasteiger partial charge in [-0.2, -0.15) is 0 Å². The fraction of sp³-hybridized carbons (Fsp3) is 1.00. The van der Waals surface area contributed by atoms with Crippen LogP contribution < -0.4 is 11.3 Å². The van der Waals surface area contributed by atoms with Gasteiger partial charge in [-0.1, -0.05) is 6.92 Å². The van der Waals surface area contributed by atoms with Crippen LogP contribution in [-0.4, -0.2) is 30.0 Å². The Balaban J connectivity index is 2.17.